The maximum absolute atomic E-state index is 12.8. The minimum atomic E-state index is -0.312. The molecule has 0 bridgehead atoms. The fraction of sp³-hybridized carbons (Fsp3) is 0.412. The Morgan fingerprint density at radius 2 is 2.30 bits per heavy atom. The first-order chi connectivity index (χ1) is 11.1. The molecule has 1 saturated heterocycles. The molecular weight excluding hydrogens is 312 g/mol. The molecule has 122 valence electrons. The number of aromatic nitrogens is 1. The Labute approximate surface area is 139 Å². The molecule has 6 heteroatoms. The molecule has 3 heterocycles. The van der Waals surface area contributed by atoms with Crippen molar-refractivity contribution in [3.63, 3.8) is 0 Å². The summed E-state index contributed by atoms with van der Waals surface area (Å²) in [4.78, 5) is 19.2. The number of hydrogen-bond acceptors (Lipinski definition) is 5. The van der Waals surface area contributed by atoms with Crippen LogP contribution in [0.5, 0.6) is 0 Å². The van der Waals surface area contributed by atoms with E-state index in [1.54, 1.807) is 16.2 Å². The lowest BCUT2D eigenvalue weighted by Gasteiger charge is -2.37. The molecule has 0 aromatic carbocycles. The highest BCUT2D eigenvalue weighted by molar-refractivity contribution is 7.08. The third-order valence-electron chi connectivity index (χ3n) is 4.10. The van der Waals surface area contributed by atoms with Crippen LogP contribution in [0, 0.1) is 6.92 Å². The van der Waals surface area contributed by atoms with E-state index in [9.17, 15) is 9.90 Å². The van der Waals surface area contributed by atoms with Gasteiger partial charge in [-0.15, -0.1) is 0 Å². The number of aliphatic hydroxyl groups is 1. The molecule has 1 aliphatic rings. The third-order valence-corrected chi connectivity index (χ3v) is 4.79. The molecule has 0 radical (unpaired) electrons. The minimum Gasteiger partial charge on any atom is -0.394 e. The highest BCUT2D eigenvalue weighted by Gasteiger charge is 2.30. The lowest BCUT2D eigenvalue weighted by Crippen LogP contribution is -2.52. The van der Waals surface area contributed by atoms with Crippen LogP contribution in [0.25, 0.3) is 11.3 Å². The summed E-state index contributed by atoms with van der Waals surface area (Å²) in [7, 11) is 0. The van der Waals surface area contributed by atoms with E-state index < -0.39 is 0 Å². The first-order valence-electron chi connectivity index (χ1n) is 7.63. The molecule has 0 saturated carbocycles. The van der Waals surface area contributed by atoms with Gasteiger partial charge in [-0.2, -0.15) is 11.3 Å². The largest absolute Gasteiger partial charge is 0.394 e. The molecule has 1 fully saturated rings. The number of aliphatic hydroxyl groups excluding tert-OH is 1. The maximum atomic E-state index is 12.8. The van der Waals surface area contributed by atoms with E-state index in [0.29, 0.717) is 18.7 Å². The Morgan fingerprint density at radius 3 is 2.96 bits per heavy atom. The molecule has 2 aromatic rings. The lowest BCUT2D eigenvalue weighted by atomic mass is 10.1. The van der Waals surface area contributed by atoms with Crippen molar-refractivity contribution in [2.24, 2.45) is 0 Å². The first-order valence-corrected chi connectivity index (χ1v) is 8.58. The molecule has 0 spiro atoms. The molecule has 1 amide bonds. The number of ether oxygens (including phenoxy) is 1. The van der Waals surface area contributed by atoms with E-state index in [2.05, 4.69) is 4.98 Å². The van der Waals surface area contributed by atoms with E-state index in [0.717, 1.165) is 17.0 Å². The van der Waals surface area contributed by atoms with Crippen LogP contribution in [0.1, 0.15) is 23.0 Å². The van der Waals surface area contributed by atoms with E-state index in [-0.39, 0.29) is 24.7 Å². The minimum absolute atomic E-state index is 0.0127. The fourth-order valence-electron chi connectivity index (χ4n) is 2.72. The van der Waals surface area contributed by atoms with E-state index >= 15 is 0 Å². The highest BCUT2D eigenvalue weighted by Crippen LogP contribution is 2.23. The van der Waals surface area contributed by atoms with Gasteiger partial charge in [0.05, 0.1) is 42.3 Å². The second-order valence-corrected chi connectivity index (χ2v) is 6.57. The number of nitrogens with zero attached hydrogens (tertiary/aromatic N) is 2. The van der Waals surface area contributed by atoms with Crippen molar-refractivity contribution in [2.45, 2.75) is 26.0 Å². The molecule has 2 unspecified atom stereocenters. The zero-order chi connectivity index (χ0) is 16.4. The van der Waals surface area contributed by atoms with Crippen molar-refractivity contribution in [2.75, 3.05) is 19.8 Å². The fourth-order valence-corrected chi connectivity index (χ4v) is 3.37. The summed E-state index contributed by atoms with van der Waals surface area (Å²) in [5.74, 6) is -0.0545. The molecule has 1 N–H and O–H groups in total. The lowest BCUT2D eigenvalue weighted by molar-refractivity contribution is -0.0667. The number of amides is 1. The normalized spacial score (nSPS) is 21.4. The highest BCUT2D eigenvalue weighted by atomic mass is 32.1. The number of rotatable bonds is 3. The van der Waals surface area contributed by atoms with E-state index in [1.165, 1.54) is 0 Å². The van der Waals surface area contributed by atoms with Crippen LogP contribution in [0.4, 0.5) is 0 Å². The van der Waals surface area contributed by atoms with Crippen molar-refractivity contribution < 1.29 is 14.6 Å². The van der Waals surface area contributed by atoms with Gasteiger partial charge in [0, 0.05) is 17.5 Å². The summed E-state index contributed by atoms with van der Waals surface area (Å²) in [6, 6.07) is 5.73. The topological polar surface area (TPSA) is 62.7 Å². The van der Waals surface area contributed by atoms with Crippen LogP contribution < -0.4 is 0 Å². The average molecular weight is 332 g/mol. The van der Waals surface area contributed by atoms with Gasteiger partial charge in [0.15, 0.2) is 0 Å². The monoisotopic (exact) mass is 332 g/mol. The molecular formula is C17H20N2O3S. The van der Waals surface area contributed by atoms with Gasteiger partial charge in [-0.25, -0.2) is 0 Å². The number of carbonyl (C=O) groups excluding carboxylic acids is 1. The van der Waals surface area contributed by atoms with E-state index in [4.69, 9.17) is 4.74 Å². The van der Waals surface area contributed by atoms with Gasteiger partial charge in [-0.3, -0.25) is 9.78 Å². The molecule has 5 nitrogen and oxygen atoms in total. The predicted octanol–water partition coefficient (Wildman–Crippen LogP) is 2.34. The maximum Gasteiger partial charge on any atom is 0.256 e. The van der Waals surface area contributed by atoms with Crippen molar-refractivity contribution in [3.8, 4) is 11.3 Å². The molecule has 2 atom stereocenters. The van der Waals surface area contributed by atoms with Crippen LogP contribution in [-0.4, -0.2) is 52.8 Å². The summed E-state index contributed by atoms with van der Waals surface area (Å²) in [6.45, 7) is 4.58. The van der Waals surface area contributed by atoms with Gasteiger partial charge in [0.2, 0.25) is 0 Å². The predicted molar refractivity (Wildman–Crippen MR) is 89.6 cm³/mol. The number of thiophene rings is 1. The van der Waals surface area contributed by atoms with Gasteiger partial charge < -0.3 is 14.7 Å². The Morgan fingerprint density at radius 1 is 1.48 bits per heavy atom. The second-order valence-electron chi connectivity index (χ2n) is 5.79. The van der Waals surface area contributed by atoms with Gasteiger partial charge in [-0.1, -0.05) is 0 Å². The van der Waals surface area contributed by atoms with Gasteiger partial charge in [0.1, 0.15) is 0 Å². The van der Waals surface area contributed by atoms with E-state index in [1.807, 2.05) is 42.8 Å². The average Bonchev–Trinajstić information content (AvgIpc) is 3.09. The Bertz CT molecular complexity index is 687. The summed E-state index contributed by atoms with van der Waals surface area (Å²) in [6.07, 6.45) is -0.312. The van der Waals surface area contributed by atoms with Crippen LogP contribution in [0.2, 0.25) is 0 Å². The molecule has 1 aliphatic heterocycles. The van der Waals surface area contributed by atoms with Gasteiger partial charge in [0.25, 0.3) is 5.91 Å². The van der Waals surface area contributed by atoms with Crippen LogP contribution in [-0.2, 0) is 4.74 Å². The number of pyridine rings is 1. The van der Waals surface area contributed by atoms with Crippen molar-refractivity contribution in [3.05, 3.63) is 40.2 Å². The molecule has 2 aromatic heterocycles. The first kappa shape index (κ1) is 16.1. The molecule has 23 heavy (non-hydrogen) atoms. The number of aryl methyl sites for hydroxylation is 1. The summed E-state index contributed by atoms with van der Waals surface area (Å²) in [5, 5.41) is 13.3. The Balaban J connectivity index is 1.84. The zero-order valence-corrected chi connectivity index (χ0v) is 14.0. The Hall–Kier alpha value is -1.76. The SMILES string of the molecule is Cc1nc(-c2ccsc2)ccc1C(=O)N1CC(CO)OCC1C. The van der Waals surface area contributed by atoms with Crippen molar-refractivity contribution >= 4 is 17.2 Å². The standard InChI is InChI=1S/C17H20N2O3S/c1-11-9-22-14(8-20)7-19(11)17(21)15-3-4-16(18-12(15)2)13-5-6-23-10-13/h3-6,10-11,14,20H,7-9H2,1-2H3. The smallest absolute Gasteiger partial charge is 0.256 e. The van der Waals surface area contributed by atoms with Gasteiger partial charge in [-0.05, 0) is 37.4 Å². The van der Waals surface area contributed by atoms with Crippen LogP contribution in [0.3, 0.4) is 0 Å². The zero-order valence-electron chi connectivity index (χ0n) is 13.2. The van der Waals surface area contributed by atoms with Crippen LogP contribution >= 0.6 is 11.3 Å². The molecule has 0 aliphatic carbocycles. The molecule has 3 rings (SSSR count). The summed E-state index contributed by atoms with van der Waals surface area (Å²) >= 11 is 1.62. The third kappa shape index (κ3) is 3.29. The van der Waals surface area contributed by atoms with Gasteiger partial charge >= 0.3 is 0 Å². The second kappa shape index (κ2) is 6.78. The van der Waals surface area contributed by atoms with Crippen LogP contribution in [0.15, 0.2) is 29.0 Å². The quantitative estimate of drug-likeness (QED) is 0.937. The number of carbonyl (C=O) groups is 1. The van der Waals surface area contributed by atoms with Crippen molar-refractivity contribution in [1.29, 1.82) is 0 Å². The summed E-state index contributed by atoms with van der Waals surface area (Å²) < 4.78 is 5.50. The Kier molecular flexibility index (Phi) is 4.75. The number of hydrogen-bond donors (Lipinski definition) is 1. The van der Waals surface area contributed by atoms with Crippen molar-refractivity contribution in [1.82, 2.24) is 9.88 Å². The number of morpholine rings is 1. The summed E-state index contributed by atoms with van der Waals surface area (Å²) in [5.41, 5.74) is 3.27.